The molecule has 14 heteroatoms. The molecule has 0 saturated carbocycles. The zero-order chi connectivity index (χ0) is 24.6. The topological polar surface area (TPSA) is 178 Å². The largest absolute Gasteiger partial charge is 0.477 e. The third-order valence-electron chi connectivity index (χ3n) is 4.90. The molecule has 13 nitrogen and oxygen atoms in total. The van der Waals surface area contributed by atoms with Crippen LogP contribution in [-0.2, 0) is 6.54 Å². The summed E-state index contributed by atoms with van der Waals surface area (Å²) in [5.74, 6) is 0.399. The van der Waals surface area contributed by atoms with Gasteiger partial charge in [0.25, 0.3) is 0 Å². The zero-order valence-electron chi connectivity index (χ0n) is 18.8. The van der Waals surface area contributed by atoms with Crippen molar-refractivity contribution in [1.82, 2.24) is 41.0 Å². The minimum atomic E-state index is -1.03. The number of hydrogen-bond donors (Lipinski definition) is 5. The van der Waals surface area contributed by atoms with E-state index in [1.165, 1.54) is 0 Å². The van der Waals surface area contributed by atoms with Crippen molar-refractivity contribution < 1.29 is 15.0 Å². The van der Waals surface area contributed by atoms with Crippen molar-refractivity contribution in [3.8, 4) is 11.4 Å². The van der Waals surface area contributed by atoms with Crippen molar-refractivity contribution in [2.24, 2.45) is 0 Å². The van der Waals surface area contributed by atoms with E-state index in [0.29, 0.717) is 54.3 Å². The summed E-state index contributed by atoms with van der Waals surface area (Å²) < 4.78 is 0. The van der Waals surface area contributed by atoms with Crippen LogP contribution in [0.25, 0.3) is 11.4 Å². The third-order valence-corrected chi connectivity index (χ3v) is 6.03. The van der Waals surface area contributed by atoms with Crippen LogP contribution in [0.3, 0.4) is 0 Å². The van der Waals surface area contributed by atoms with Crippen LogP contribution in [0.1, 0.15) is 33.8 Å². The van der Waals surface area contributed by atoms with Gasteiger partial charge in [-0.05, 0) is 36.6 Å². The van der Waals surface area contributed by atoms with Gasteiger partial charge in [-0.3, -0.25) is 0 Å². The van der Waals surface area contributed by atoms with E-state index in [9.17, 15) is 9.90 Å². The van der Waals surface area contributed by atoms with Gasteiger partial charge in [0.15, 0.2) is 0 Å². The molecule has 0 amide bonds. The van der Waals surface area contributed by atoms with Crippen LogP contribution in [0.5, 0.6) is 0 Å². The van der Waals surface area contributed by atoms with E-state index in [4.69, 9.17) is 5.11 Å². The molecule has 4 aromatic rings. The molecule has 0 aliphatic heterocycles. The molecule has 0 bridgehead atoms. The molecule has 0 aliphatic carbocycles. The number of hydrazine groups is 1. The summed E-state index contributed by atoms with van der Waals surface area (Å²) in [7, 11) is 0. The van der Waals surface area contributed by atoms with Crippen molar-refractivity contribution in [2.45, 2.75) is 26.3 Å². The van der Waals surface area contributed by atoms with Gasteiger partial charge < -0.3 is 15.5 Å². The second-order valence-corrected chi connectivity index (χ2v) is 8.40. The van der Waals surface area contributed by atoms with Gasteiger partial charge in [0, 0.05) is 31.5 Å². The van der Waals surface area contributed by atoms with Crippen molar-refractivity contribution in [2.75, 3.05) is 23.5 Å². The Hall–Kier alpha value is -4.01. The number of aliphatic hydroxyl groups excluding tert-OH is 1. The van der Waals surface area contributed by atoms with Crippen LogP contribution < -0.4 is 15.8 Å². The molecule has 0 unspecified atom stereocenters. The highest BCUT2D eigenvalue weighted by atomic mass is 32.1. The minimum absolute atomic E-state index is 0.0905. The number of unbranched alkanes of at least 4 members (excludes halogenated alkanes) is 1. The zero-order valence-corrected chi connectivity index (χ0v) is 19.7. The summed E-state index contributed by atoms with van der Waals surface area (Å²) in [4.78, 5) is 25.0. The van der Waals surface area contributed by atoms with Crippen LogP contribution in [0.2, 0.25) is 0 Å². The first-order chi connectivity index (χ1) is 17.0. The lowest BCUT2D eigenvalue weighted by molar-refractivity contribution is 0.0701. The van der Waals surface area contributed by atoms with Crippen molar-refractivity contribution in [3.63, 3.8) is 0 Å². The summed E-state index contributed by atoms with van der Waals surface area (Å²) in [6.45, 7) is 2.78. The number of thiazole rings is 1. The Morgan fingerprint density at radius 1 is 1.17 bits per heavy atom. The first kappa shape index (κ1) is 24.1. The van der Waals surface area contributed by atoms with Gasteiger partial charge >= 0.3 is 5.97 Å². The predicted octanol–water partition coefficient (Wildman–Crippen LogP) is 2.15. The standard InChI is InChI=1S/C21H24N10O3S/c1-13-17(19(33)34)35-21(25-13)31(24-9-2-3-11-32)20-22-10-8-16(26-20)23-12-14-4-6-15(7-5-14)18-27-29-30-28-18/h4-8,10,24,32H,2-3,9,11-12H2,1H3,(H,33,34)(H,22,23,26)(H,27,28,29,30). The Kier molecular flexibility index (Phi) is 7.87. The van der Waals surface area contributed by atoms with Gasteiger partial charge in [0.2, 0.25) is 16.9 Å². The van der Waals surface area contributed by atoms with E-state index in [1.807, 2.05) is 24.3 Å². The maximum Gasteiger partial charge on any atom is 0.347 e. The fraction of sp³-hybridized carbons (Fsp3) is 0.286. The number of hydrogen-bond acceptors (Lipinski definition) is 12. The molecule has 0 fully saturated rings. The summed E-state index contributed by atoms with van der Waals surface area (Å²) in [6.07, 6.45) is 2.96. The SMILES string of the molecule is Cc1nc(N(NCCCCO)c2nccc(NCc3ccc(-c4nn[nH]n4)cc3)n2)sc1C(=O)O. The molecule has 3 aromatic heterocycles. The number of aromatic amines is 1. The van der Waals surface area contributed by atoms with E-state index in [0.717, 1.165) is 22.5 Å². The number of aliphatic hydroxyl groups is 1. The van der Waals surface area contributed by atoms with E-state index in [-0.39, 0.29) is 11.5 Å². The lowest BCUT2D eigenvalue weighted by Gasteiger charge is -2.21. The quantitative estimate of drug-likeness (QED) is 0.143. The van der Waals surface area contributed by atoms with Crippen LogP contribution in [-0.4, -0.2) is 64.9 Å². The molecule has 0 aliphatic rings. The average Bonchev–Trinajstić information content (AvgIpc) is 3.54. The van der Waals surface area contributed by atoms with Gasteiger partial charge in [-0.1, -0.05) is 35.6 Å². The molecular formula is C21H24N10O3S. The number of rotatable bonds is 12. The summed E-state index contributed by atoms with van der Waals surface area (Å²) in [6, 6.07) is 9.49. The molecule has 4 rings (SSSR count). The number of tetrazole rings is 1. The average molecular weight is 497 g/mol. The number of nitrogens with one attached hydrogen (secondary N) is 3. The molecule has 1 aromatic carbocycles. The Labute approximate surface area is 204 Å². The second kappa shape index (κ2) is 11.4. The first-order valence-corrected chi connectivity index (χ1v) is 11.6. The molecule has 182 valence electrons. The number of carbonyl (C=O) groups is 1. The number of carboxylic acid groups (broad SMARTS) is 1. The highest BCUT2D eigenvalue weighted by molar-refractivity contribution is 7.17. The van der Waals surface area contributed by atoms with Gasteiger partial charge in [-0.15, -0.1) is 10.2 Å². The van der Waals surface area contributed by atoms with Gasteiger partial charge in [0.05, 0.1) is 5.69 Å². The minimum Gasteiger partial charge on any atom is -0.477 e. The number of carboxylic acids is 1. The number of H-pyrrole nitrogens is 1. The summed E-state index contributed by atoms with van der Waals surface area (Å²) in [5.41, 5.74) is 5.49. The summed E-state index contributed by atoms with van der Waals surface area (Å²) in [5, 5.41) is 37.7. The normalized spacial score (nSPS) is 10.9. The van der Waals surface area contributed by atoms with E-state index >= 15 is 0 Å². The lowest BCUT2D eigenvalue weighted by atomic mass is 10.1. The van der Waals surface area contributed by atoms with Gasteiger partial charge in [-0.2, -0.15) is 10.2 Å². The van der Waals surface area contributed by atoms with E-state index in [1.54, 1.807) is 24.2 Å². The second-order valence-electron chi connectivity index (χ2n) is 7.42. The Morgan fingerprint density at radius 2 is 2.00 bits per heavy atom. The Morgan fingerprint density at radius 3 is 2.69 bits per heavy atom. The number of aromatic carboxylic acids is 1. The molecule has 0 spiro atoms. The van der Waals surface area contributed by atoms with Crippen LogP contribution in [0.4, 0.5) is 16.9 Å². The number of anilines is 3. The first-order valence-electron chi connectivity index (χ1n) is 10.8. The summed E-state index contributed by atoms with van der Waals surface area (Å²) >= 11 is 1.04. The van der Waals surface area contributed by atoms with E-state index < -0.39 is 5.97 Å². The van der Waals surface area contributed by atoms with Crippen LogP contribution in [0, 0.1) is 6.92 Å². The van der Waals surface area contributed by atoms with Crippen LogP contribution >= 0.6 is 11.3 Å². The Balaban J connectivity index is 1.49. The monoisotopic (exact) mass is 496 g/mol. The fourth-order valence-corrected chi connectivity index (χ4v) is 4.01. The number of nitrogens with zero attached hydrogens (tertiary/aromatic N) is 7. The third kappa shape index (κ3) is 6.11. The van der Waals surface area contributed by atoms with Crippen molar-refractivity contribution in [3.05, 3.63) is 52.7 Å². The maximum atomic E-state index is 11.5. The highest BCUT2D eigenvalue weighted by Crippen LogP contribution is 2.29. The molecular weight excluding hydrogens is 472 g/mol. The molecule has 0 saturated heterocycles. The number of benzene rings is 1. The maximum absolute atomic E-state index is 11.5. The number of aryl methyl sites for hydroxylation is 1. The van der Waals surface area contributed by atoms with Gasteiger partial charge in [-0.25, -0.2) is 25.2 Å². The fourth-order valence-electron chi connectivity index (χ4n) is 3.13. The van der Waals surface area contributed by atoms with Crippen LogP contribution in [0.15, 0.2) is 36.5 Å². The molecule has 35 heavy (non-hydrogen) atoms. The molecule has 0 radical (unpaired) electrons. The van der Waals surface area contributed by atoms with Crippen molar-refractivity contribution >= 4 is 34.2 Å². The molecule has 3 heterocycles. The molecule has 0 atom stereocenters. The lowest BCUT2D eigenvalue weighted by Crippen LogP contribution is -2.36. The smallest absolute Gasteiger partial charge is 0.347 e. The molecule has 5 N–H and O–H groups in total. The van der Waals surface area contributed by atoms with E-state index in [2.05, 4.69) is 46.3 Å². The number of aromatic nitrogens is 7. The Bertz CT molecular complexity index is 1250. The highest BCUT2D eigenvalue weighted by Gasteiger charge is 2.21. The van der Waals surface area contributed by atoms with Crippen molar-refractivity contribution in [1.29, 1.82) is 0 Å². The van der Waals surface area contributed by atoms with Gasteiger partial charge in [0.1, 0.15) is 10.7 Å². The predicted molar refractivity (Wildman–Crippen MR) is 129 cm³/mol.